The highest BCUT2D eigenvalue weighted by atomic mass is 127. The van der Waals surface area contributed by atoms with E-state index >= 15 is 0 Å². The number of thiazole rings is 1. The summed E-state index contributed by atoms with van der Waals surface area (Å²) in [5.41, 5.74) is 1.07. The fourth-order valence-electron chi connectivity index (χ4n) is 3.94. The molecule has 0 bridgehead atoms. The van der Waals surface area contributed by atoms with Gasteiger partial charge in [0.05, 0.1) is 12.2 Å². The molecule has 0 spiro atoms. The summed E-state index contributed by atoms with van der Waals surface area (Å²) in [6, 6.07) is 0. The highest BCUT2D eigenvalue weighted by Crippen LogP contribution is 2.35. The quantitative estimate of drug-likeness (QED) is 0.439. The Morgan fingerprint density at radius 2 is 2.09 bits per heavy atom. The van der Waals surface area contributed by atoms with Crippen molar-refractivity contribution in [2.45, 2.75) is 32.2 Å². The summed E-state index contributed by atoms with van der Waals surface area (Å²) >= 11 is 1.67. The van der Waals surface area contributed by atoms with Gasteiger partial charge >= 0.3 is 0 Å². The van der Waals surface area contributed by atoms with Crippen molar-refractivity contribution in [3.63, 3.8) is 0 Å². The van der Waals surface area contributed by atoms with Crippen molar-refractivity contribution in [3.8, 4) is 0 Å². The van der Waals surface area contributed by atoms with Crippen LogP contribution in [0.3, 0.4) is 0 Å². The molecular weight excluding hydrogens is 421 g/mol. The third-order valence-corrected chi connectivity index (χ3v) is 5.83. The van der Waals surface area contributed by atoms with Gasteiger partial charge in [0.1, 0.15) is 0 Å². The molecule has 2 aromatic rings. The van der Waals surface area contributed by atoms with Gasteiger partial charge in [0.2, 0.25) is 0 Å². The first-order valence-electron chi connectivity index (χ1n) is 8.20. The molecule has 2 fully saturated rings. The maximum Gasteiger partial charge on any atom is 0.193 e. The van der Waals surface area contributed by atoms with E-state index in [1.807, 2.05) is 7.05 Å². The van der Waals surface area contributed by atoms with Crippen molar-refractivity contribution >= 4 is 46.2 Å². The second kappa shape index (κ2) is 7.38. The van der Waals surface area contributed by atoms with Crippen LogP contribution in [0.1, 0.15) is 31.4 Å². The predicted molar refractivity (Wildman–Crippen MR) is 106 cm³/mol. The fraction of sp³-hybridized carbons (Fsp3) is 0.625. The predicted octanol–water partition coefficient (Wildman–Crippen LogP) is 3.21. The molecule has 7 heteroatoms. The van der Waals surface area contributed by atoms with Crippen LogP contribution >= 0.6 is 35.3 Å². The van der Waals surface area contributed by atoms with Crippen molar-refractivity contribution in [3.05, 3.63) is 23.5 Å². The van der Waals surface area contributed by atoms with E-state index in [9.17, 15) is 0 Å². The molecule has 2 unspecified atom stereocenters. The molecule has 2 aromatic heterocycles. The molecule has 4 rings (SSSR count). The lowest BCUT2D eigenvalue weighted by Crippen LogP contribution is -2.39. The molecule has 1 aliphatic carbocycles. The van der Waals surface area contributed by atoms with Gasteiger partial charge in [-0.3, -0.25) is 9.39 Å². The molecule has 2 atom stereocenters. The Bertz CT molecular complexity index is 636. The third-order valence-electron chi connectivity index (χ3n) is 5.06. The van der Waals surface area contributed by atoms with Gasteiger partial charge in [0.15, 0.2) is 10.9 Å². The molecule has 2 aliphatic rings. The number of fused-ring (bicyclic) bond motifs is 2. The zero-order valence-electron chi connectivity index (χ0n) is 13.4. The first-order chi connectivity index (χ1) is 10.8. The van der Waals surface area contributed by atoms with Crippen LogP contribution in [0.4, 0.5) is 0 Å². The molecule has 1 aliphatic heterocycles. The van der Waals surface area contributed by atoms with Gasteiger partial charge in [-0.1, -0.05) is 12.8 Å². The summed E-state index contributed by atoms with van der Waals surface area (Å²) in [4.78, 5) is 12.6. The molecular formula is C16H24IN5S. The van der Waals surface area contributed by atoms with Crippen molar-refractivity contribution < 1.29 is 0 Å². The molecule has 3 heterocycles. The number of rotatable bonds is 2. The van der Waals surface area contributed by atoms with Crippen LogP contribution in [-0.4, -0.2) is 40.4 Å². The highest BCUT2D eigenvalue weighted by molar-refractivity contribution is 14.0. The summed E-state index contributed by atoms with van der Waals surface area (Å²) < 4.78 is 2.08. The summed E-state index contributed by atoms with van der Waals surface area (Å²) in [7, 11) is 1.88. The Hall–Kier alpha value is -0.830. The Morgan fingerprint density at radius 1 is 1.35 bits per heavy atom. The van der Waals surface area contributed by atoms with E-state index in [1.165, 1.54) is 38.8 Å². The minimum Gasteiger partial charge on any atom is -0.351 e. The lowest BCUT2D eigenvalue weighted by molar-refractivity contribution is 0.299. The number of halogens is 1. The normalized spacial score (nSPS) is 24.6. The van der Waals surface area contributed by atoms with Crippen molar-refractivity contribution in [2.75, 3.05) is 20.1 Å². The van der Waals surface area contributed by atoms with E-state index in [2.05, 4.69) is 42.4 Å². The maximum absolute atomic E-state index is 4.62. The van der Waals surface area contributed by atoms with Crippen molar-refractivity contribution in [2.24, 2.45) is 16.8 Å². The van der Waals surface area contributed by atoms with Gasteiger partial charge in [-0.05, 0) is 24.7 Å². The number of hydrogen-bond acceptors (Lipinski definition) is 3. The summed E-state index contributed by atoms with van der Waals surface area (Å²) in [5.74, 6) is 2.79. The van der Waals surface area contributed by atoms with Gasteiger partial charge in [0, 0.05) is 37.9 Å². The molecule has 23 heavy (non-hydrogen) atoms. The van der Waals surface area contributed by atoms with Gasteiger partial charge in [-0.25, -0.2) is 4.98 Å². The number of aliphatic imine (C=N–C) groups is 1. The zero-order valence-corrected chi connectivity index (χ0v) is 16.6. The van der Waals surface area contributed by atoms with Crippen LogP contribution in [0, 0.1) is 11.8 Å². The lowest BCUT2D eigenvalue weighted by Gasteiger charge is -2.22. The molecule has 5 nitrogen and oxygen atoms in total. The fourth-order valence-corrected chi connectivity index (χ4v) is 4.66. The average molecular weight is 445 g/mol. The maximum atomic E-state index is 4.62. The van der Waals surface area contributed by atoms with E-state index in [4.69, 9.17) is 0 Å². The number of nitrogens with one attached hydrogen (secondary N) is 1. The van der Waals surface area contributed by atoms with Crippen LogP contribution in [-0.2, 0) is 6.54 Å². The minimum atomic E-state index is 0. The zero-order chi connectivity index (χ0) is 14.9. The first-order valence-corrected chi connectivity index (χ1v) is 9.08. The average Bonchev–Trinajstić information content (AvgIpc) is 3.21. The van der Waals surface area contributed by atoms with E-state index in [1.54, 1.807) is 11.3 Å². The van der Waals surface area contributed by atoms with Gasteiger partial charge in [0.25, 0.3) is 0 Å². The van der Waals surface area contributed by atoms with E-state index in [0.29, 0.717) is 0 Å². The number of likely N-dealkylation sites (tertiary alicyclic amines) is 1. The van der Waals surface area contributed by atoms with Gasteiger partial charge < -0.3 is 10.2 Å². The topological polar surface area (TPSA) is 44.9 Å². The Kier molecular flexibility index (Phi) is 5.45. The second-order valence-electron chi connectivity index (χ2n) is 6.44. The standard InChI is InChI=1S/C16H23N5S.HI/c1-17-15(21-9-12-4-2-3-5-13(12)10-21)18-8-14-11-20-6-7-22-16(20)19-14;/h6-7,11-13H,2-5,8-10H2,1H3,(H,17,18);1H. The number of nitrogens with zero attached hydrogens (tertiary/aromatic N) is 4. The van der Waals surface area contributed by atoms with Crippen LogP contribution in [0.2, 0.25) is 0 Å². The number of imidazole rings is 1. The molecule has 1 N–H and O–H groups in total. The molecule has 1 saturated heterocycles. The first kappa shape index (κ1) is 17.0. The smallest absolute Gasteiger partial charge is 0.193 e. The second-order valence-corrected chi connectivity index (χ2v) is 7.31. The number of guanidine groups is 1. The SMILES string of the molecule is CN=C(NCc1cn2ccsc2n1)N1CC2CCCCC2C1.I. The van der Waals surface area contributed by atoms with Gasteiger partial charge in [-0.2, -0.15) is 0 Å². The molecule has 1 saturated carbocycles. The molecule has 0 radical (unpaired) electrons. The molecule has 126 valence electrons. The van der Waals surface area contributed by atoms with Crippen LogP contribution in [0.15, 0.2) is 22.8 Å². The Morgan fingerprint density at radius 3 is 2.74 bits per heavy atom. The van der Waals surface area contributed by atoms with Crippen molar-refractivity contribution in [1.29, 1.82) is 0 Å². The minimum absolute atomic E-state index is 0. The third kappa shape index (κ3) is 3.50. The molecule has 0 amide bonds. The highest BCUT2D eigenvalue weighted by Gasteiger charge is 2.35. The van der Waals surface area contributed by atoms with E-state index in [0.717, 1.165) is 35.0 Å². The molecule has 0 aromatic carbocycles. The van der Waals surface area contributed by atoms with Crippen LogP contribution < -0.4 is 5.32 Å². The van der Waals surface area contributed by atoms with Crippen LogP contribution in [0.25, 0.3) is 4.96 Å². The number of hydrogen-bond donors (Lipinski definition) is 1. The van der Waals surface area contributed by atoms with E-state index in [-0.39, 0.29) is 24.0 Å². The van der Waals surface area contributed by atoms with Crippen LogP contribution in [0.5, 0.6) is 0 Å². The van der Waals surface area contributed by atoms with Crippen molar-refractivity contribution in [1.82, 2.24) is 19.6 Å². The summed E-state index contributed by atoms with van der Waals surface area (Å²) in [6.45, 7) is 3.08. The summed E-state index contributed by atoms with van der Waals surface area (Å²) in [6.07, 6.45) is 9.76. The summed E-state index contributed by atoms with van der Waals surface area (Å²) in [5, 5.41) is 5.55. The monoisotopic (exact) mass is 445 g/mol. The Balaban J connectivity index is 0.00000156. The lowest BCUT2D eigenvalue weighted by atomic mass is 9.82. The number of aromatic nitrogens is 2. The van der Waals surface area contributed by atoms with E-state index < -0.39 is 0 Å². The largest absolute Gasteiger partial charge is 0.351 e. The van der Waals surface area contributed by atoms with Gasteiger partial charge in [-0.15, -0.1) is 35.3 Å². The Labute approximate surface area is 158 Å².